The largest absolute Gasteiger partial charge is 0.459 e. The van der Waals surface area contributed by atoms with Crippen LogP contribution in [0.15, 0.2) is 4.99 Å². The summed E-state index contributed by atoms with van der Waals surface area (Å²) in [5, 5.41) is 0.894. The first-order chi connectivity index (χ1) is 5.85. The molecule has 0 aromatic heterocycles. The zero-order chi connectivity index (χ0) is 10.5. The zero-order valence-corrected chi connectivity index (χ0v) is 9.70. The Morgan fingerprint density at radius 2 is 2.00 bits per heavy atom. The van der Waals surface area contributed by atoms with E-state index >= 15 is 0 Å². The Labute approximate surface area is 84.0 Å². The summed E-state index contributed by atoms with van der Waals surface area (Å²) in [6.07, 6.45) is 1.92. The van der Waals surface area contributed by atoms with E-state index in [0.29, 0.717) is 0 Å². The van der Waals surface area contributed by atoms with Gasteiger partial charge in [-0.2, -0.15) is 0 Å². The molecule has 4 heteroatoms. The second-order valence-corrected chi connectivity index (χ2v) is 4.62. The van der Waals surface area contributed by atoms with Crippen LogP contribution in [0.25, 0.3) is 0 Å². The third-order valence-electron chi connectivity index (χ3n) is 1.15. The number of carbonyl (C=O) groups is 1. The quantitative estimate of drug-likeness (QED) is 0.392. The summed E-state index contributed by atoms with van der Waals surface area (Å²) in [6, 6.07) is 0. The van der Waals surface area contributed by atoms with Gasteiger partial charge >= 0.3 is 5.97 Å². The van der Waals surface area contributed by atoms with Gasteiger partial charge in [0.25, 0.3) is 0 Å². The van der Waals surface area contributed by atoms with Gasteiger partial charge in [-0.25, -0.2) is 0 Å². The minimum Gasteiger partial charge on any atom is -0.459 e. The minimum atomic E-state index is -0.417. The van der Waals surface area contributed by atoms with E-state index in [0.717, 1.165) is 5.04 Å². The average Bonchev–Trinajstić information content (AvgIpc) is 1.97. The summed E-state index contributed by atoms with van der Waals surface area (Å²) in [5.41, 5.74) is -0.417. The van der Waals surface area contributed by atoms with Gasteiger partial charge in [0.2, 0.25) is 0 Å². The van der Waals surface area contributed by atoms with E-state index in [9.17, 15) is 4.79 Å². The molecular formula is C9H17NO2S. The molecule has 0 bridgehead atoms. The number of rotatable bonds is 2. The molecule has 0 N–H and O–H groups in total. The number of hydrogen-bond donors (Lipinski definition) is 0. The Hall–Kier alpha value is -0.510. The van der Waals surface area contributed by atoms with E-state index in [4.69, 9.17) is 4.74 Å². The van der Waals surface area contributed by atoms with Crippen molar-refractivity contribution in [1.82, 2.24) is 0 Å². The predicted molar refractivity (Wildman–Crippen MR) is 57.3 cm³/mol. The Morgan fingerprint density at radius 1 is 1.46 bits per heavy atom. The van der Waals surface area contributed by atoms with Gasteiger partial charge in [-0.15, -0.1) is 11.8 Å². The van der Waals surface area contributed by atoms with E-state index < -0.39 is 5.60 Å². The molecule has 76 valence electrons. The lowest BCUT2D eigenvalue weighted by Gasteiger charge is -2.18. The molecule has 0 spiro atoms. The fourth-order valence-corrected chi connectivity index (χ4v) is 0.808. The summed E-state index contributed by atoms with van der Waals surface area (Å²) in [6.45, 7) is 7.51. The third kappa shape index (κ3) is 7.84. The second kappa shape index (κ2) is 5.27. The number of nitrogens with zero attached hydrogens (tertiary/aromatic N) is 1. The molecular weight excluding hydrogens is 186 g/mol. The van der Waals surface area contributed by atoms with Crippen LogP contribution in [-0.2, 0) is 9.53 Å². The Kier molecular flexibility index (Phi) is 5.06. The van der Waals surface area contributed by atoms with Gasteiger partial charge in [0, 0.05) is 0 Å². The van der Waals surface area contributed by atoms with Crippen LogP contribution in [0, 0.1) is 0 Å². The lowest BCUT2D eigenvalue weighted by Crippen LogP contribution is -2.25. The maximum absolute atomic E-state index is 11.1. The average molecular weight is 203 g/mol. The van der Waals surface area contributed by atoms with Gasteiger partial charge < -0.3 is 4.74 Å². The van der Waals surface area contributed by atoms with Crippen LogP contribution in [-0.4, -0.2) is 29.4 Å². The van der Waals surface area contributed by atoms with Crippen molar-refractivity contribution in [1.29, 1.82) is 0 Å². The van der Waals surface area contributed by atoms with Crippen LogP contribution in [0.1, 0.15) is 27.7 Å². The first-order valence-corrected chi connectivity index (χ1v) is 5.34. The van der Waals surface area contributed by atoms with E-state index in [-0.39, 0.29) is 12.5 Å². The first-order valence-electron chi connectivity index (χ1n) is 4.12. The third-order valence-corrected chi connectivity index (χ3v) is 1.87. The molecule has 0 amide bonds. The van der Waals surface area contributed by atoms with E-state index in [2.05, 4.69) is 4.99 Å². The standard InChI is InChI=1S/C9H17NO2S/c1-7(13-5)10-6-8(11)12-9(2,3)4/h6H2,1-5H3. The van der Waals surface area contributed by atoms with Crippen molar-refractivity contribution in [3.63, 3.8) is 0 Å². The smallest absolute Gasteiger partial charge is 0.328 e. The number of thioether (sulfide) groups is 1. The molecule has 0 aromatic rings. The molecule has 0 saturated heterocycles. The molecule has 3 nitrogen and oxygen atoms in total. The molecule has 13 heavy (non-hydrogen) atoms. The summed E-state index contributed by atoms with van der Waals surface area (Å²) in [7, 11) is 0. The van der Waals surface area contributed by atoms with Crippen molar-refractivity contribution in [2.45, 2.75) is 33.3 Å². The summed E-state index contributed by atoms with van der Waals surface area (Å²) in [4.78, 5) is 15.2. The Balaban J connectivity index is 3.90. The van der Waals surface area contributed by atoms with Gasteiger partial charge in [-0.1, -0.05) is 0 Å². The number of hydrogen-bond acceptors (Lipinski definition) is 4. The van der Waals surface area contributed by atoms with Crippen molar-refractivity contribution in [2.75, 3.05) is 12.8 Å². The molecule has 0 aliphatic rings. The summed E-state index contributed by atoms with van der Waals surface area (Å²) in [5.74, 6) is -0.277. The highest BCUT2D eigenvalue weighted by Gasteiger charge is 2.15. The normalized spacial score (nSPS) is 12.8. The van der Waals surface area contributed by atoms with Crippen LogP contribution in [0.3, 0.4) is 0 Å². The number of ether oxygens (including phenoxy) is 1. The van der Waals surface area contributed by atoms with Crippen molar-refractivity contribution in [3.8, 4) is 0 Å². The molecule has 0 radical (unpaired) electrons. The van der Waals surface area contributed by atoms with Crippen molar-refractivity contribution < 1.29 is 9.53 Å². The molecule has 0 unspecified atom stereocenters. The van der Waals surface area contributed by atoms with Gasteiger partial charge in [0.15, 0.2) is 0 Å². The molecule has 0 atom stereocenters. The molecule has 0 rings (SSSR count). The van der Waals surface area contributed by atoms with Crippen molar-refractivity contribution in [3.05, 3.63) is 0 Å². The molecule has 0 heterocycles. The maximum atomic E-state index is 11.1. The topological polar surface area (TPSA) is 38.7 Å². The van der Waals surface area contributed by atoms with Gasteiger partial charge in [0.1, 0.15) is 12.1 Å². The number of carbonyl (C=O) groups excluding carboxylic acids is 1. The lowest BCUT2D eigenvalue weighted by atomic mass is 10.2. The van der Waals surface area contributed by atoms with Crippen LogP contribution in [0.4, 0.5) is 0 Å². The monoisotopic (exact) mass is 203 g/mol. The highest BCUT2D eigenvalue weighted by Crippen LogP contribution is 2.07. The highest BCUT2D eigenvalue weighted by molar-refractivity contribution is 8.13. The summed E-state index contributed by atoms with van der Waals surface area (Å²) >= 11 is 1.53. The van der Waals surface area contributed by atoms with Crippen LogP contribution in [0.5, 0.6) is 0 Å². The van der Waals surface area contributed by atoms with E-state index in [1.54, 1.807) is 0 Å². The molecule has 0 fully saturated rings. The van der Waals surface area contributed by atoms with Crippen molar-refractivity contribution in [2.24, 2.45) is 4.99 Å². The molecule has 0 saturated carbocycles. The maximum Gasteiger partial charge on any atom is 0.328 e. The fourth-order valence-electron chi connectivity index (χ4n) is 0.614. The van der Waals surface area contributed by atoms with E-state index in [1.807, 2.05) is 34.0 Å². The predicted octanol–water partition coefficient (Wildman–Crippen LogP) is 2.11. The summed E-state index contributed by atoms with van der Waals surface area (Å²) < 4.78 is 5.08. The van der Waals surface area contributed by atoms with Gasteiger partial charge in [0.05, 0.1) is 5.04 Å². The second-order valence-electron chi connectivity index (χ2n) is 3.63. The minimum absolute atomic E-state index is 0.115. The first kappa shape index (κ1) is 12.5. The molecule has 0 aliphatic carbocycles. The lowest BCUT2D eigenvalue weighted by molar-refractivity contribution is -0.152. The van der Waals surface area contributed by atoms with Crippen LogP contribution >= 0.6 is 11.8 Å². The SMILES string of the molecule is CSC(C)=NCC(=O)OC(C)(C)C. The van der Waals surface area contributed by atoms with Crippen molar-refractivity contribution >= 4 is 22.8 Å². The van der Waals surface area contributed by atoms with Crippen LogP contribution < -0.4 is 0 Å². The van der Waals surface area contributed by atoms with Gasteiger partial charge in [-0.05, 0) is 34.0 Å². The Bertz CT molecular complexity index is 206. The molecule has 0 aliphatic heterocycles. The van der Waals surface area contributed by atoms with E-state index in [1.165, 1.54) is 11.8 Å². The zero-order valence-electron chi connectivity index (χ0n) is 8.88. The fraction of sp³-hybridized carbons (Fsp3) is 0.778. The molecule has 0 aromatic carbocycles. The highest BCUT2D eigenvalue weighted by atomic mass is 32.2. The van der Waals surface area contributed by atoms with Gasteiger partial charge in [-0.3, -0.25) is 9.79 Å². The number of aliphatic imine (C=N–C) groups is 1. The number of esters is 1. The Morgan fingerprint density at radius 3 is 2.38 bits per heavy atom. The van der Waals surface area contributed by atoms with Crippen LogP contribution in [0.2, 0.25) is 0 Å².